The number of esters is 1. The van der Waals surface area contributed by atoms with Crippen molar-refractivity contribution in [3.63, 3.8) is 0 Å². The first-order chi connectivity index (χ1) is 27.5. The fourth-order valence-corrected chi connectivity index (χ4v) is 7.40. The summed E-state index contributed by atoms with van der Waals surface area (Å²) in [6.45, 7) is 4.85. The number of aliphatic hydroxyl groups is 2. The Hall–Kier alpha value is -1.66. The minimum absolute atomic E-state index is 0.0433. The minimum atomic E-state index is -0.694. The lowest BCUT2D eigenvalue weighted by molar-refractivity contribution is -0.143. The first-order valence-corrected chi connectivity index (χ1v) is 24.6. The number of unbranched alkanes of at least 4 members (excludes halogenated alkanes) is 30. The zero-order chi connectivity index (χ0) is 40.8. The van der Waals surface area contributed by atoms with E-state index in [-0.39, 0.29) is 18.5 Å². The number of carbonyl (C=O) groups is 2. The van der Waals surface area contributed by atoms with Crippen LogP contribution in [-0.2, 0) is 14.3 Å². The highest BCUT2D eigenvalue weighted by Gasteiger charge is 2.20. The van der Waals surface area contributed by atoms with Gasteiger partial charge in [0.2, 0.25) is 5.91 Å². The van der Waals surface area contributed by atoms with Crippen LogP contribution >= 0.6 is 0 Å². The summed E-state index contributed by atoms with van der Waals surface area (Å²) in [7, 11) is 0. The van der Waals surface area contributed by atoms with Gasteiger partial charge in [0.25, 0.3) is 0 Å². The lowest BCUT2D eigenvalue weighted by Crippen LogP contribution is -2.45. The molecule has 0 aromatic carbocycles. The van der Waals surface area contributed by atoms with E-state index in [9.17, 15) is 19.8 Å². The van der Waals surface area contributed by atoms with Gasteiger partial charge in [-0.1, -0.05) is 199 Å². The van der Waals surface area contributed by atoms with Crippen LogP contribution in [0.1, 0.15) is 258 Å². The largest absolute Gasteiger partial charge is 0.466 e. The smallest absolute Gasteiger partial charge is 0.305 e. The number of aliphatic hydroxyl groups excluding tert-OH is 2. The molecular weight excluding hydrogens is 695 g/mol. The van der Waals surface area contributed by atoms with E-state index in [0.717, 1.165) is 70.6 Å². The van der Waals surface area contributed by atoms with Crippen LogP contribution in [0.5, 0.6) is 0 Å². The van der Waals surface area contributed by atoms with Crippen molar-refractivity contribution in [3.05, 3.63) is 24.3 Å². The summed E-state index contributed by atoms with van der Waals surface area (Å²) in [5, 5.41) is 23.1. The van der Waals surface area contributed by atoms with E-state index in [1.165, 1.54) is 154 Å². The lowest BCUT2D eigenvalue weighted by atomic mass is 10.0. The molecule has 0 heterocycles. The Balaban J connectivity index is 3.55. The van der Waals surface area contributed by atoms with E-state index in [4.69, 9.17) is 4.74 Å². The molecule has 3 N–H and O–H groups in total. The van der Waals surface area contributed by atoms with Crippen LogP contribution in [0.3, 0.4) is 0 Å². The third kappa shape index (κ3) is 42.0. The zero-order valence-corrected chi connectivity index (χ0v) is 37.4. The van der Waals surface area contributed by atoms with Crippen molar-refractivity contribution in [2.45, 2.75) is 270 Å². The molecule has 0 aliphatic carbocycles. The summed E-state index contributed by atoms with van der Waals surface area (Å²) in [6, 6.07) is -0.578. The van der Waals surface area contributed by atoms with Gasteiger partial charge in [-0.15, -0.1) is 0 Å². The van der Waals surface area contributed by atoms with Crippen LogP contribution in [0.15, 0.2) is 24.3 Å². The van der Waals surface area contributed by atoms with Gasteiger partial charge in [-0.3, -0.25) is 9.59 Å². The predicted octanol–water partition coefficient (Wildman–Crippen LogP) is 14.3. The van der Waals surface area contributed by atoms with Crippen LogP contribution in [0, 0.1) is 0 Å². The normalized spacial score (nSPS) is 12.9. The Bertz CT molecular complexity index is 874. The molecule has 56 heavy (non-hydrogen) atoms. The van der Waals surface area contributed by atoms with Crippen molar-refractivity contribution in [1.29, 1.82) is 0 Å². The monoisotopic (exact) mass is 790 g/mol. The second-order valence-corrected chi connectivity index (χ2v) is 16.8. The van der Waals surface area contributed by atoms with Gasteiger partial charge in [-0.25, -0.2) is 0 Å². The molecule has 0 aliphatic rings. The summed E-state index contributed by atoms with van der Waals surface area (Å²) in [6.07, 6.45) is 52.9. The van der Waals surface area contributed by atoms with Crippen LogP contribution in [0.2, 0.25) is 0 Å². The highest BCUT2D eigenvalue weighted by atomic mass is 16.5. The molecular formula is C50H95NO5. The van der Waals surface area contributed by atoms with Gasteiger partial charge >= 0.3 is 5.97 Å². The highest BCUT2D eigenvalue weighted by Crippen LogP contribution is 2.15. The molecule has 0 rings (SSSR count). The molecule has 0 radical (unpaired) electrons. The van der Waals surface area contributed by atoms with Crippen molar-refractivity contribution in [2.24, 2.45) is 0 Å². The van der Waals surface area contributed by atoms with Crippen LogP contribution in [0.4, 0.5) is 0 Å². The van der Waals surface area contributed by atoms with Crippen molar-refractivity contribution < 1.29 is 24.5 Å². The molecule has 6 nitrogen and oxygen atoms in total. The van der Waals surface area contributed by atoms with E-state index in [0.29, 0.717) is 25.9 Å². The molecule has 6 heteroatoms. The predicted molar refractivity (Wildman–Crippen MR) is 241 cm³/mol. The van der Waals surface area contributed by atoms with Gasteiger partial charge in [0.15, 0.2) is 0 Å². The van der Waals surface area contributed by atoms with Crippen molar-refractivity contribution in [3.8, 4) is 0 Å². The maximum Gasteiger partial charge on any atom is 0.305 e. The SMILES string of the molecule is CCCCCCCCC/C=C\CCCCCCCC(=O)OCCCCCC/C=C\CCCC(=O)NC(CO)C(O)CCCCCCCCCCCCCCCC. The van der Waals surface area contributed by atoms with Gasteiger partial charge in [0, 0.05) is 12.8 Å². The average Bonchev–Trinajstić information content (AvgIpc) is 3.20. The van der Waals surface area contributed by atoms with Crippen LogP contribution < -0.4 is 5.32 Å². The molecule has 0 saturated heterocycles. The Kier molecular flexibility index (Phi) is 44.7. The highest BCUT2D eigenvalue weighted by molar-refractivity contribution is 5.76. The molecule has 330 valence electrons. The van der Waals surface area contributed by atoms with Crippen molar-refractivity contribution in [2.75, 3.05) is 13.2 Å². The number of amides is 1. The summed E-state index contributed by atoms with van der Waals surface area (Å²) in [5.41, 5.74) is 0. The number of rotatable bonds is 45. The molecule has 2 unspecified atom stereocenters. The molecule has 1 amide bonds. The van der Waals surface area contributed by atoms with E-state index < -0.39 is 12.1 Å². The fourth-order valence-electron chi connectivity index (χ4n) is 7.40. The first kappa shape index (κ1) is 54.3. The maximum atomic E-state index is 12.4. The lowest BCUT2D eigenvalue weighted by Gasteiger charge is -2.22. The third-order valence-corrected chi connectivity index (χ3v) is 11.2. The molecule has 0 bridgehead atoms. The quantitative estimate of drug-likeness (QED) is 0.0324. The number of allylic oxidation sites excluding steroid dienone is 4. The molecule has 0 fully saturated rings. The topological polar surface area (TPSA) is 95.9 Å². The number of nitrogens with one attached hydrogen (secondary N) is 1. The Morgan fingerprint density at radius 1 is 0.482 bits per heavy atom. The molecule has 0 aromatic rings. The number of carbonyl (C=O) groups excluding carboxylic acids is 2. The molecule has 0 saturated carbocycles. The summed E-state index contributed by atoms with van der Waals surface area (Å²) in [4.78, 5) is 24.4. The van der Waals surface area contributed by atoms with Crippen LogP contribution in [-0.4, -0.2) is 47.4 Å². The van der Waals surface area contributed by atoms with Gasteiger partial charge < -0.3 is 20.3 Å². The Labute approximate surface area is 348 Å². The molecule has 0 aliphatic heterocycles. The standard InChI is InChI=1S/C50H95NO5/c1-3-5-7-9-11-13-15-17-19-20-22-24-28-32-36-40-44-50(55)56-45-41-37-33-29-25-27-31-35-39-43-49(54)51-47(46-52)48(53)42-38-34-30-26-23-21-18-16-14-12-10-8-6-4-2/h19-20,27,31,47-48,52-53H,3-18,21-26,28-30,32-46H2,1-2H3,(H,51,54)/b20-19-,31-27-. The second kappa shape index (κ2) is 46.0. The zero-order valence-electron chi connectivity index (χ0n) is 37.4. The Morgan fingerprint density at radius 2 is 0.857 bits per heavy atom. The van der Waals surface area contributed by atoms with E-state index in [1.807, 2.05) is 0 Å². The summed E-state index contributed by atoms with van der Waals surface area (Å²) in [5.74, 6) is -0.140. The van der Waals surface area contributed by atoms with E-state index in [1.54, 1.807) is 0 Å². The molecule has 2 atom stereocenters. The molecule has 0 spiro atoms. The number of ether oxygens (including phenoxy) is 1. The second-order valence-electron chi connectivity index (χ2n) is 16.8. The van der Waals surface area contributed by atoms with Crippen LogP contribution in [0.25, 0.3) is 0 Å². The first-order valence-electron chi connectivity index (χ1n) is 24.6. The van der Waals surface area contributed by atoms with Gasteiger partial charge in [0.1, 0.15) is 0 Å². The number of hydrogen-bond acceptors (Lipinski definition) is 5. The maximum absolute atomic E-state index is 12.4. The average molecular weight is 790 g/mol. The van der Waals surface area contributed by atoms with Crippen molar-refractivity contribution in [1.82, 2.24) is 5.32 Å². The van der Waals surface area contributed by atoms with Gasteiger partial charge in [0.05, 0.1) is 25.4 Å². The molecule has 0 aromatic heterocycles. The summed E-state index contributed by atoms with van der Waals surface area (Å²) < 4.78 is 5.43. The van der Waals surface area contributed by atoms with E-state index >= 15 is 0 Å². The summed E-state index contributed by atoms with van der Waals surface area (Å²) >= 11 is 0. The van der Waals surface area contributed by atoms with Gasteiger partial charge in [-0.05, 0) is 70.6 Å². The Morgan fingerprint density at radius 3 is 1.30 bits per heavy atom. The van der Waals surface area contributed by atoms with Crippen molar-refractivity contribution >= 4 is 11.9 Å². The van der Waals surface area contributed by atoms with E-state index in [2.05, 4.69) is 43.5 Å². The third-order valence-electron chi connectivity index (χ3n) is 11.2. The van der Waals surface area contributed by atoms with Gasteiger partial charge in [-0.2, -0.15) is 0 Å². The minimum Gasteiger partial charge on any atom is -0.466 e. The number of hydrogen-bond donors (Lipinski definition) is 3. The fraction of sp³-hybridized carbons (Fsp3) is 0.880.